The number of oxazole rings is 1. The molecule has 1 N–H and O–H groups in total. The molecule has 0 aliphatic carbocycles. The molecule has 0 fully saturated rings. The van der Waals surface area contributed by atoms with Crippen molar-refractivity contribution in [3.05, 3.63) is 48.0 Å². The highest BCUT2D eigenvalue weighted by molar-refractivity contribution is 8.04. The van der Waals surface area contributed by atoms with Gasteiger partial charge in [0.1, 0.15) is 10.9 Å². The Labute approximate surface area is 156 Å². The van der Waals surface area contributed by atoms with Gasteiger partial charge < -0.3 is 9.73 Å². The standard InChI is InChI=1S/C20H19N3O2S/c1-20(2,3)14-6-4-13(5-7-14)19-23-16-9-8-15(10-17(16)25-19)22-18(24)11-26-12-21/h4-10H,11H2,1-3H3,(H,22,24). The zero-order valence-corrected chi connectivity index (χ0v) is 15.7. The molecule has 1 amide bonds. The minimum absolute atomic E-state index is 0.0936. The third kappa shape index (κ3) is 4.06. The molecule has 0 unspecified atom stereocenters. The molecule has 2 aromatic carbocycles. The van der Waals surface area contributed by atoms with Crippen molar-refractivity contribution < 1.29 is 9.21 Å². The molecule has 0 radical (unpaired) electrons. The summed E-state index contributed by atoms with van der Waals surface area (Å²) >= 11 is 0.901. The quantitative estimate of drug-likeness (QED) is 0.662. The summed E-state index contributed by atoms with van der Waals surface area (Å²) in [5, 5.41) is 13.1. The summed E-state index contributed by atoms with van der Waals surface area (Å²) in [6, 6.07) is 13.5. The number of nitriles is 1. The highest BCUT2D eigenvalue weighted by atomic mass is 32.2. The summed E-state index contributed by atoms with van der Waals surface area (Å²) in [4.78, 5) is 16.2. The predicted octanol–water partition coefficient (Wildman–Crippen LogP) is 4.95. The molecule has 0 saturated heterocycles. The summed E-state index contributed by atoms with van der Waals surface area (Å²) in [5.41, 5.74) is 4.20. The number of thiocyanates is 1. The maximum atomic E-state index is 11.7. The van der Waals surface area contributed by atoms with Crippen molar-refractivity contribution in [2.24, 2.45) is 0 Å². The van der Waals surface area contributed by atoms with Gasteiger partial charge in [-0.15, -0.1) is 0 Å². The number of fused-ring (bicyclic) bond motifs is 1. The van der Waals surface area contributed by atoms with E-state index in [-0.39, 0.29) is 17.1 Å². The maximum absolute atomic E-state index is 11.7. The molecule has 5 nitrogen and oxygen atoms in total. The predicted molar refractivity (Wildman–Crippen MR) is 105 cm³/mol. The smallest absolute Gasteiger partial charge is 0.235 e. The number of anilines is 1. The van der Waals surface area contributed by atoms with E-state index in [9.17, 15) is 4.79 Å². The Bertz CT molecular complexity index is 979. The van der Waals surface area contributed by atoms with Gasteiger partial charge in [0.15, 0.2) is 5.58 Å². The van der Waals surface area contributed by atoms with Crippen LogP contribution in [0.25, 0.3) is 22.6 Å². The maximum Gasteiger partial charge on any atom is 0.235 e. The summed E-state index contributed by atoms with van der Waals surface area (Å²) in [6.07, 6.45) is 0. The van der Waals surface area contributed by atoms with Gasteiger partial charge >= 0.3 is 0 Å². The van der Waals surface area contributed by atoms with E-state index < -0.39 is 0 Å². The minimum Gasteiger partial charge on any atom is -0.436 e. The molecule has 1 aromatic heterocycles. The lowest BCUT2D eigenvalue weighted by molar-refractivity contribution is -0.113. The molecule has 3 rings (SSSR count). The number of thioether (sulfide) groups is 1. The fourth-order valence-corrected chi connectivity index (χ4v) is 2.80. The second-order valence-electron chi connectivity index (χ2n) is 6.96. The molecule has 0 aliphatic heterocycles. The molecule has 0 atom stereocenters. The lowest BCUT2D eigenvalue weighted by atomic mass is 9.87. The minimum atomic E-state index is -0.228. The first-order valence-electron chi connectivity index (χ1n) is 8.19. The second-order valence-corrected chi connectivity index (χ2v) is 7.72. The number of aromatic nitrogens is 1. The van der Waals surface area contributed by atoms with Crippen molar-refractivity contribution in [2.45, 2.75) is 26.2 Å². The van der Waals surface area contributed by atoms with Gasteiger partial charge in [0.05, 0.1) is 5.75 Å². The van der Waals surface area contributed by atoms with Crippen LogP contribution in [0.3, 0.4) is 0 Å². The van der Waals surface area contributed by atoms with E-state index in [4.69, 9.17) is 9.68 Å². The Hall–Kier alpha value is -2.78. The average Bonchev–Trinajstić information content (AvgIpc) is 3.02. The van der Waals surface area contributed by atoms with Crippen LogP contribution in [0.4, 0.5) is 5.69 Å². The van der Waals surface area contributed by atoms with Crippen molar-refractivity contribution in [2.75, 3.05) is 11.1 Å². The molecule has 0 spiro atoms. The lowest BCUT2D eigenvalue weighted by Crippen LogP contribution is -2.13. The Balaban J connectivity index is 1.83. The fraction of sp³-hybridized carbons (Fsp3) is 0.250. The molecular weight excluding hydrogens is 346 g/mol. The number of hydrogen-bond acceptors (Lipinski definition) is 5. The topological polar surface area (TPSA) is 78.9 Å². The van der Waals surface area contributed by atoms with Gasteiger partial charge in [-0.05, 0) is 47.0 Å². The number of nitrogens with one attached hydrogen (secondary N) is 1. The lowest BCUT2D eigenvalue weighted by Gasteiger charge is -2.18. The van der Waals surface area contributed by atoms with Gasteiger partial charge in [0, 0.05) is 17.3 Å². The van der Waals surface area contributed by atoms with Crippen LogP contribution in [-0.2, 0) is 10.2 Å². The Morgan fingerprint density at radius 2 is 1.96 bits per heavy atom. The molecule has 0 saturated carbocycles. The number of carbonyl (C=O) groups is 1. The van der Waals surface area contributed by atoms with Gasteiger partial charge in [-0.3, -0.25) is 4.79 Å². The molecule has 6 heteroatoms. The van der Waals surface area contributed by atoms with Gasteiger partial charge in [-0.2, -0.15) is 5.26 Å². The molecule has 0 aliphatic rings. The van der Waals surface area contributed by atoms with Crippen LogP contribution >= 0.6 is 11.8 Å². The number of amides is 1. The summed E-state index contributed by atoms with van der Waals surface area (Å²) in [5.74, 6) is 0.411. The van der Waals surface area contributed by atoms with E-state index in [1.807, 2.05) is 17.5 Å². The molecular formula is C20H19N3O2S. The van der Waals surface area contributed by atoms with Gasteiger partial charge in [0.2, 0.25) is 11.8 Å². The Morgan fingerprint density at radius 1 is 1.23 bits per heavy atom. The first-order chi connectivity index (χ1) is 12.4. The Morgan fingerprint density at radius 3 is 2.62 bits per heavy atom. The molecule has 26 heavy (non-hydrogen) atoms. The van der Waals surface area contributed by atoms with E-state index in [0.717, 1.165) is 22.8 Å². The van der Waals surface area contributed by atoms with Crippen molar-refractivity contribution in [3.8, 4) is 16.9 Å². The SMILES string of the molecule is CC(C)(C)c1ccc(-c2nc3ccc(NC(=O)CSC#N)cc3o2)cc1. The molecule has 1 heterocycles. The number of rotatable bonds is 4. The summed E-state index contributed by atoms with van der Waals surface area (Å²) in [6.45, 7) is 6.52. The van der Waals surface area contributed by atoms with E-state index in [1.54, 1.807) is 18.2 Å². The zero-order chi connectivity index (χ0) is 18.7. The van der Waals surface area contributed by atoms with Crippen molar-refractivity contribution in [3.63, 3.8) is 0 Å². The monoisotopic (exact) mass is 365 g/mol. The van der Waals surface area contributed by atoms with Crippen molar-refractivity contribution in [1.82, 2.24) is 4.98 Å². The first-order valence-corrected chi connectivity index (χ1v) is 9.17. The highest BCUT2D eigenvalue weighted by Gasteiger charge is 2.15. The summed E-state index contributed by atoms with van der Waals surface area (Å²) in [7, 11) is 0. The molecule has 0 bridgehead atoms. The van der Waals surface area contributed by atoms with Gasteiger partial charge in [-0.1, -0.05) is 32.9 Å². The highest BCUT2D eigenvalue weighted by Crippen LogP contribution is 2.29. The van der Waals surface area contributed by atoms with E-state index in [0.29, 0.717) is 17.2 Å². The number of benzene rings is 2. The number of nitrogens with zero attached hydrogens (tertiary/aromatic N) is 2. The third-order valence-electron chi connectivity index (χ3n) is 3.94. The van der Waals surface area contributed by atoms with Crippen LogP contribution in [0.1, 0.15) is 26.3 Å². The van der Waals surface area contributed by atoms with Crippen LogP contribution < -0.4 is 5.32 Å². The molecule has 132 valence electrons. The van der Waals surface area contributed by atoms with Gasteiger partial charge in [0.25, 0.3) is 0 Å². The van der Waals surface area contributed by atoms with Crippen LogP contribution in [0.2, 0.25) is 0 Å². The largest absolute Gasteiger partial charge is 0.436 e. The van der Waals surface area contributed by atoms with Crippen molar-refractivity contribution >= 4 is 34.5 Å². The second kappa shape index (κ2) is 7.22. The van der Waals surface area contributed by atoms with Crippen LogP contribution in [0.5, 0.6) is 0 Å². The first kappa shape index (κ1) is 18.0. The average molecular weight is 365 g/mol. The fourth-order valence-electron chi connectivity index (χ4n) is 2.53. The van der Waals surface area contributed by atoms with E-state index in [2.05, 4.69) is 43.2 Å². The number of hydrogen-bond donors (Lipinski definition) is 1. The van der Waals surface area contributed by atoms with Crippen LogP contribution in [0, 0.1) is 10.7 Å². The van der Waals surface area contributed by atoms with E-state index >= 15 is 0 Å². The summed E-state index contributed by atoms with van der Waals surface area (Å²) < 4.78 is 5.86. The zero-order valence-electron chi connectivity index (χ0n) is 14.9. The normalized spacial score (nSPS) is 11.3. The van der Waals surface area contributed by atoms with Crippen LogP contribution in [-0.4, -0.2) is 16.6 Å². The van der Waals surface area contributed by atoms with Crippen molar-refractivity contribution in [1.29, 1.82) is 5.26 Å². The third-order valence-corrected chi connectivity index (χ3v) is 4.47. The van der Waals surface area contributed by atoms with Gasteiger partial charge in [-0.25, -0.2) is 4.98 Å². The Kier molecular flexibility index (Phi) is 5.01. The van der Waals surface area contributed by atoms with E-state index in [1.165, 1.54) is 5.56 Å². The number of carbonyl (C=O) groups excluding carboxylic acids is 1. The van der Waals surface area contributed by atoms with Crippen LogP contribution in [0.15, 0.2) is 46.9 Å². The molecule has 3 aromatic rings.